The lowest BCUT2D eigenvalue weighted by Crippen LogP contribution is -2.21. The van der Waals surface area contributed by atoms with Crippen LogP contribution in [0.25, 0.3) is 11.1 Å². The number of esters is 1. The number of fused-ring (bicyclic) bond motifs is 3. The Morgan fingerprint density at radius 1 is 1.31 bits per heavy atom. The van der Waals surface area contributed by atoms with E-state index >= 15 is 0 Å². The smallest absolute Gasteiger partial charge is 0.310 e. The van der Waals surface area contributed by atoms with Gasteiger partial charge in [-0.3, -0.25) is 4.79 Å². The summed E-state index contributed by atoms with van der Waals surface area (Å²) in [6, 6.07) is 5.10. The van der Waals surface area contributed by atoms with Gasteiger partial charge in [0, 0.05) is 15.6 Å². The van der Waals surface area contributed by atoms with Crippen LogP contribution in [0.15, 0.2) is 35.8 Å². The van der Waals surface area contributed by atoms with Crippen LogP contribution in [-0.4, -0.2) is 13.1 Å². The van der Waals surface area contributed by atoms with Gasteiger partial charge in [0.1, 0.15) is 5.82 Å². The SMILES string of the molecule is C=C.COC(=O)Cc1c(C)c2c(c(C)c1Br)-c1c(F)cccc1CN2S. The van der Waals surface area contributed by atoms with Crippen molar-refractivity contribution in [3.8, 4) is 11.1 Å². The molecule has 0 spiro atoms. The molecular formula is C20H21BrFNO2S. The zero-order chi connectivity index (χ0) is 19.6. The van der Waals surface area contributed by atoms with E-state index in [4.69, 9.17) is 4.74 Å². The molecule has 3 rings (SSSR count). The fourth-order valence-corrected chi connectivity index (χ4v) is 4.32. The summed E-state index contributed by atoms with van der Waals surface area (Å²) in [6.45, 7) is 10.4. The first-order chi connectivity index (χ1) is 12.4. The third kappa shape index (κ3) is 3.40. The van der Waals surface area contributed by atoms with Gasteiger partial charge in [0.2, 0.25) is 0 Å². The van der Waals surface area contributed by atoms with E-state index in [9.17, 15) is 9.18 Å². The Labute approximate surface area is 167 Å². The molecule has 0 fully saturated rings. The predicted octanol–water partition coefficient (Wildman–Crippen LogP) is 5.55. The Bertz CT molecular complexity index is 870. The molecule has 0 amide bonds. The largest absolute Gasteiger partial charge is 0.469 e. The molecule has 2 aromatic carbocycles. The van der Waals surface area contributed by atoms with Gasteiger partial charge >= 0.3 is 5.97 Å². The molecule has 0 aromatic heterocycles. The zero-order valence-corrected chi connectivity index (χ0v) is 17.5. The van der Waals surface area contributed by atoms with Crippen molar-refractivity contribution in [2.75, 3.05) is 11.4 Å². The highest BCUT2D eigenvalue weighted by molar-refractivity contribution is 9.10. The molecule has 0 atom stereocenters. The number of halogens is 2. The number of carbonyl (C=O) groups is 1. The van der Waals surface area contributed by atoms with E-state index in [1.807, 2.05) is 24.2 Å². The lowest BCUT2D eigenvalue weighted by Gasteiger charge is -2.33. The van der Waals surface area contributed by atoms with E-state index in [1.165, 1.54) is 13.2 Å². The van der Waals surface area contributed by atoms with Gasteiger partial charge in [-0.1, -0.05) is 40.9 Å². The number of nitrogens with zero attached hydrogens (tertiary/aromatic N) is 1. The number of methoxy groups -OCH3 is 1. The summed E-state index contributed by atoms with van der Waals surface area (Å²) in [5, 5.41) is 0. The summed E-state index contributed by atoms with van der Waals surface area (Å²) in [5.74, 6) is -0.559. The van der Waals surface area contributed by atoms with E-state index in [-0.39, 0.29) is 18.2 Å². The van der Waals surface area contributed by atoms with Crippen LogP contribution in [0.5, 0.6) is 0 Å². The van der Waals surface area contributed by atoms with Crippen LogP contribution in [0, 0.1) is 19.7 Å². The summed E-state index contributed by atoms with van der Waals surface area (Å²) in [7, 11) is 1.37. The van der Waals surface area contributed by atoms with Crippen molar-refractivity contribution in [3.05, 3.63) is 63.9 Å². The molecule has 0 N–H and O–H groups in total. The maximum Gasteiger partial charge on any atom is 0.310 e. The lowest BCUT2D eigenvalue weighted by molar-refractivity contribution is -0.139. The van der Waals surface area contributed by atoms with Crippen molar-refractivity contribution in [2.45, 2.75) is 26.8 Å². The van der Waals surface area contributed by atoms with Crippen LogP contribution in [0.4, 0.5) is 10.1 Å². The molecule has 0 aliphatic carbocycles. The molecule has 26 heavy (non-hydrogen) atoms. The molecule has 0 unspecified atom stereocenters. The number of thiol groups is 1. The highest BCUT2D eigenvalue weighted by Gasteiger charge is 2.30. The normalized spacial score (nSPS) is 11.8. The van der Waals surface area contributed by atoms with Crippen LogP contribution in [-0.2, 0) is 22.5 Å². The quantitative estimate of drug-likeness (QED) is 0.379. The Morgan fingerprint density at radius 3 is 2.58 bits per heavy atom. The minimum Gasteiger partial charge on any atom is -0.469 e. The molecule has 0 saturated carbocycles. The minimum atomic E-state index is -0.314. The molecule has 6 heteroatoms. The van der Waals surface area contributed by atoms with Crippen LogP contribution < -0.4 is 4.31 Å². The van der Waals surface area contributed by atoms with E-state index in [2.05, 4.69) is 41.9 Å². The number of carbonyl (C=O) groups excluding carboxylic acids is 1. The van der Waals surface area contributed by atoms with Crippen molar-refractivity contribution in [1.29, 1.82) is 0 Å². The second-order valence-electron chi connectivity index (χ2n) is 5.85. The number of rotatable bonds is 2. The van der Waals surface area contributed by atoms with Gasteiger partial charge in [-0.2, -0.15) is 0 Å². The molecule has 138 valence electrons. The highest BCUT2D eigenvalue weighted by atomic mass is 79.9. The van der Waals surface area contributed by atoms with Crippen LogP contribution in [0.2, 0.25) is 0 Å². The fraction of sp³-hybridized carbons (Fsp3) is 0.250. The number of anilines is 1. The zero-order valence-electron chi connectivity index (χ0n) is 15.0. The first kappa shape index (κ1) is 20.5. The van der Waals surface area contributed by atoms with Gasteiger partial charge < -0.3 is 9.04 Å². The van der Waals surface area contributed by atoms with E-state index in [1.54, 1.807) is 6.07 Å². The van der Waals surface area contributed by atoms with Gasteiger partial charge in [-0.05, 0) is 42.2 Å². The summed E-state index contributed by atoms with van der Waals surface area (Å²) in [6.07, 6.45) is 0.156. The van der Waals surface area contributed by atoms with Gasteiger partial charge in [0.15, 0.2) is 0 Å². The van der Waals surface area contributed by atoms with Crippen molar-refractivity contribution in [2.24, 2.45) is 0 Å². The number of ether oxygens (including phenoxy) is 1. The van der Waals surface area contributed by atoms with Gasteiger partial charge in [0.25, 0.3) is 0 Å². The van der Waals surface area contributed by atoms with E-state index in [0.29, 0.717) is 12.1 Å². The molecule has 0 bridgehead atoms. The average Bonchev–Trinajstić information content (AvgIpc) is 2.64. The standard InChI is InChI=1S/C18H17BrFNO2S.C2H4/c1-9-12(7-14(22)23-3)17(19)10(2)15-16-11(5-4-6-13(16)20)8-21(24)18(9)15;1-2/h4-6,24H,7-8H2,1-3H3;1-2H2. The minimum absolute atomic E-state index is 0.156. The van der Waals surface area contributed by atoms with Gasteiger partial charge in [0.05, 0.1) is 25.8 Å². The number of hydrogen-bond donors (Lipinski definition) is 1. The maximum absolute atomic E-state index is 14.6. The molecule has 1 aliphatic rings. The summed E-state index contributed by atoms with van der Waals surface area (Å²) < 4.78 is 22.0. The lowest BCUT2D eigenvalue weighted by atomic mass is 9.86. The molecule has 0 radical (unpaired) electrons. The number of benzene rings is 2. The molecule has 1 aliphatic heterocycles. The average molecular weight is 438 g/mol. The van der Waals surface area contributed by atoms with E-state index in [0.717, 1.165) is 38.0 Å². The van der Waals surface area contributed by atoms with Crippen LogP contribution in [0.1, 0.15) is 22.3 Å². The summed E-state index contributed by atoms with van der Waals surface area (Å²) in [4.78, 5) is 11.8. The highest BCUT2D eigenvalue weighted by Crippen LogP contribution is 2.48. The van der Waals surface area contributed by atoms with Crippen molar-refractivity contribution >= 4 is 40.4 Å². The first-order valence-corrected chi connectivity index (χ1v) is 9.18. The second kappa shape index (κ2) is 8.27. The summed E-state index contributed by atoms with van der Waals surface area (Å²) >= 11 is 8.18. The second-order valence-corrected chi connectivity index (χ2v) is 7.13. The number of hydrogen-bond acceptors (Lipinski definition) is 4. The first-order valence-electron chi connectivity index (χ1n) is 7.99. The van der Waals surface area contributed by atoms with E-state index < -0.39 is 0 Å². The predicted molar refractivity (Wildman–Crippen MR) is 111 cm³/mol. The Hall–Kier alpha value is -1.79. The molecular weight excluding hydrogens is 417 g/mol. The topological polar surface area (TPSA) is 29.5 Å². The summed E-state index contributed by atoms with van der Waals surface area (Å²) in [5.41, 5.74) is 5.81. The Balaban J connectivity index is 0.00000117. The molecule has 1 heterocycles. The van der Waals surface area contributed by atoms with Gasteiger partial charge in [-0.15, -0.1) is 13.2 Å². The fourth-order valence-electron chi connectivity index (χ4n) is 3.28. The maximum atomic E-state index is 14.6. The van der Waals surface area contributed by atoms with Crippen molar-refractivity contribution in [1.82, 2.24) is 0 Å². The van der Waals surface area contributed by atoms with Crippen LogP contribution in [0.3, 0.4) is 0 Å². The van der Waals surface area contributed by atoms with Gasteiger partial charge in [-0.25, -0.2) is 4.39 Å². The Morgan fingerprint density at radius 2 is 1.96 bits per heavy atom. The van der Waals surface area contributed by atoms with Crippen molar-refractivity contribution < 1.29 is 13.9 Å². The molecule has 2 aromatic rings. The Kier molecular flexibility index (Phi) is 6.53. The van der Waals surface area contributed by atoms with Crippen molar-refractivity contribution in [3.63, 3.8) is 0 Å². The molecule has 3 nitrogen and oxygen atoms in total. The monoisotopic (exact) mass is 437 g/mol. The third-order valence-corrected chi connectivity index (χ3v) is 5.91. The third-order valence-electron chi connectivity index (χ3n) is 4.49. The molecule has 0 saturated heterocycles. The van der Waals surface area contributed by atoms with Crippen LogP contribution >= 0.6 is 28.7 Å².